The summed E-state index contributed by atoms with van der Waals surface area (Å²) in [7, 11) is 0. The van der Waals surface area contributed by atoms with Crippen molar-refractivity contribution in [3.8, 4) is 0 Å². The average Bonchev–Trinajstić information content (AvgIpc) is 2.47. The number of aromatic nitrogens is 2. The smallest absolute Gasteiger partial charge is 0.225 e. The van der Waals surface area contributed by atoms with Crippen LogP contribution in [0.15, 0.2) is 12.4 Å². The van der Waals surface area contributed by atoms with Gasteiger partial charge in [0.2, 0.25) is 5.95 Å². The Hall–Kier alpha value is -1.20. The number of aliphatic hydroxyl groups is 1. The first kappa shape index (κ1) is 11.9. The molecule has 5 heteroatoms. The molecule has 0 bridgehead atoms. The zero-order valence-corrected chi connectivity index (χ0v) is 10.6. The van der Waals surface area contributed by atoms with Gasteiger partial charge in [-0.1, -0.05) is 6.42 Å². The molecule has 3 rings (SSSR count). The number of fused-ring (bicyclic) bond motifs is 1. The van der Waals surface area contributed by atoms with Crippen molar-refractivity contribution in [2.45, 2.75) is 31.9 Å². The second kappa shape index (κ2) is 5.20. The zero-order valence-electron chi connectivity index (χ0n) is 10.6. The molecule has 0 amide bonds. The lowest BCUT2D eigenvalue weighted by atomic mass is 10.00. The maximum atomic E-state index is 8.99. The predicted molar refractivity (Wildman–Crippen MR) is 69.4 cm³/mol. The monoisotopic (exact) mass is 248 g/mol. The molecule has 3 heterocycles. The molecular formula is C13H20N4O. The number of hydrogen-bond acceptors (Lipinski definition) is 5. The third-order valence-corrected chi connectivity index (χ3v) is 3.99. The van der Waals surface area contributed by atoms with E-state index in [1.54, 1.807) is 12.4 Å². The summed E-state index contributed by atoms with van der Waals surface area (Å²) in [5.41, 5.74) is 0.773. The van der Waals surface area contributed by atoms with E-state index in [0.29, 0.717) is 6.04 Å². The van der Waals surface area contributed by atoms with Gasteiger partial charge in [0.15, 0.2) is 0 Å². The highest BCUT2D eigenvalue weighted by Gasteiger charge is 2.29. The Morgan fingerprint density at radius 1 is 1.17 bits per heavy atom. The van der Waals surface area contributed by atoms with Crippen LogP contribution in [0.2, 0.25) is 0 Å². The summed E-state index contributed by atoms with van der Waals surface area (Å²) in [6.45, 7) is 4.43. The van der Waals surface area contributed by atoms with E-state index in [9.17, 15) is 0 Å². The lowest BCUT2D eigenvalue weighted by molar-refractivity contribution is 0.133. The van der Waals surface area contributed by atoms with Crippen LogP contribution in [0.1, 0.15) is 24.8 Å². The van der Waals surface area contributed by atoms with E-state index in [1.165, 1.54) is 25.8 Å². The van der Waals surface area contributed by atoms with Gasteiger partial charge in [-0.05, 0) is 19.4 Å². The van der Waals surface area contributed by atoms with E-state index in [4.69, 9.17) is 5.11 Å². The van der Waals surface area contributed by atoms with Crippen molar-refractivity contribution >= 4 is 5.95 Å². The Morgan fingerprint density at radius 2 is 2.00 bits per heavy atom. The Labute approximate surface area is 107 Å². The maximum Gasteiger partial charge on any atom is 0.225 e. The van der Waals surface area contributed by atoms with Crippen molar-refractivity contribution in [1.82, 2.24) is 14.9 Å². The Morgan fingerprint density at radius 3 is 2.78 bits per heavy atom. The molecule has 2 fully saturated rings. The highest BCUT2D eigenvalue weighted by Crippen LogP contribution is 2.22. The van der Waals surface area contributed by atoms with Gasteiger partial charge in [0, 0.05) is 43.6 Å². The van der Waals surface area contributed by atoms with Crippen LogP contribution in [0.3, 0.4) is 0 Å². The molecule has 1 aromatic rings. The maximum absolute atomic E-state index is 8.99. The Kier molecular flexibility index (Phi) is 3.43. The van der Waals surface area contributed by atoms with E-state index in [2.05, 4.69) is 19.8 Å². The number of nitrogens with zero attached hydrogens (tertiary/aromatic N) is 4. The van der Waals surface area contributed by atoms with Gasteiger partial charge in [-0.15, -0.1) is 0 Å². The zero-order chi connectivity index (χ0) is 12.4. The van der Waals surface area contributed by atoms with Crippen LogP contribution >= 0.6 is 0 Å². The molecule has 0 aromatic carbocycles. The van der Waals surface area contributed by atoms with E-state index in [0.717, 1.165) is 31.1 Å². The lowest BCUT2D eigenvalue weighted by Gasteiger charge is -2.44. The normalized spacial score (nSPS) is 24.9. The number of rotatable bonds is 2. The van der Waals surface area contributed by atoms with Gasteiger partial charge in [0.05, 0.1) is 6.61 Å². The van der Waals surface area contributed by atoms with Crippen molar-refractivity contribution in [2.24, 2.45) is 0 Å². The topological polar surface area (TPSA) is 52.5 Å². The molecule has 1 aromatic heterocycles. The van der Waals surface area contributed by atoms with Gasteiger partial charge in [0.25, 0.3) is 0 Å². The number of hydrogen-bond donors (Lipinski definition) is 1. The fraction of sp³-hybridized carbons (Fsp3) is 0.692. The van der Waals surface area contributed by atoms with Crippen molar-refractivity contribution in [3.63, 3.8) is 0 Å². The van der Waals surface area contributed by atoms with Crippen LogP contribution in [-0.2, 0) is 6.61 Å². The predicted octanol–water partition coefficient (Wildman–Crippen LogP) is 0.643. The minimum atomic E-state index is 0.0106. The molecule has 1 unspecified atom stereocenters. The second-order valence-electron chi connectivity index (χ2n) is 5.18. The molecule has 0 aliphatic carbocycles. The third-order valence-electron chi connectivity index (χ3n) is 3.99. The first-order valence-electron chi connectivity index (χ1n) is 6.77. The first-order valence-corrected chi connectivity index (χ1v) is 6.77. The molecule has 1 N–H and O–H groups in total. The number of anilines is 1. The highest BCUT2D eigenvalue weighted by molar-refractivity contribution is 5.31. The number of piperidine rings is 1. The molecule has 0 spiro atoms. The van der Waals surface area contributed by atoms with Gasteiger partial charge in [-0.25, -0.2) is 9.97 Å². The summed E-state index contributed by atoms with van der Waals surface area (Å²) in [6.07, 6.45) is 7.42. The van der Waals surface area contributed by atoms with Gasteiger partial charge >= 0.3 is 0 Å². The Bertz CT molecular complexity index is 394. The summed E-state index contributed by atoms with van der Waals surface area (Å²) < 4.78 is 0. The standard InChI is InChI=1S/C13H20N4O/c18-10-11-7-14-13(15-8-11)17-6-5-16-4-2-1-3-12(16)9-17/h7-8,12,18H,1-6,9-10H2. The third kappa shape index (κ3) is 2.33. The Balaban J connectivity index is 1.69. The quantitative estimate of drug-likeness (QED) is 0.832. The molecule has 5 nitrogen and oxygen atoms in total. The van der Waals surface area contributed by atoms with Gasteiger partial charge in [-0.2, -0.15) is 0 Å². The van der Waals surface area contributed by atoms with Crippen LogP contribution in [0.5, 0.6) is 0 Å². The number of piperazine rings is 1. The summed E-state index contributed by atoms with van der Waals surface area (Å²) in [5, 5.41) is 8.99. The van der Waals surface area contributed by atoms with Gasteiger partial charge in [0.1, 0.15) is 0 Å². The van der Waals surface area contributed by atoms with Gasteiger partial charge in [-0.3, -0.25) is 4.90 Å². The first-order chi connectivity index (χ1) is 8.86. The lowest BCUT2D eigenvalue weighted by Crippen LogP contribution is -2.55. The van der Waals surface area contributed by atoms with Crippen LogP contribution in [-0.4, -0.2) is 52.2 Å². The van der Waals surface area contributed by atoms with E-state index in [1.807, 2.05) is 0 Å². The minimum Gasteiger partial charge on any atom is -0.392 e. The molecule has 1 atom stereocenters. The molecule has 2 aliphatic heterocycles. The highest BCUT2D eigenvalue weighted by atomic mass is 16.3. The molecule has 98 valence electrons. The second-order valence-corrected chi connectivity index (χ2v) is 5.18. The molecule has 0 saturated carbocycles. The molecular weight excluding hydrogens is 228 g/mol. The fourth-order valence-electron chi connectivity index (χ4n) is 2.93. The minimum absolute atomic E-state index is 0.0106. The average molecular weight is 248 g/mol. The summed E-state index contributed by atoms with van der Waals surface area (Å²) in [6, 6.07) is 0.675. The summed E-state index contributed by atoms with van der Waals surface area (Å²) in [4.78, 5) is 13.6. The molecule has 18 heavy (non-hydrogen) atoms. The summed E-state index contributed by atoms with van der Waals surface area (Å²) >= 11 is 0. The molecule has 2 aliphatic rings. The van der Waals surface area contributed by atoms with Crippen LogP contribution in [0.4, 0.5) is 5.95 Å². The molecule has 2 saturated heterocycles. The van der Waals surface area contributed by atoms with Crippen LogP contribution in [0, 0.1) is 0 Å². The largest absolute Gasteiger partial charge is 0.392 e. The van der Waals surface area contributed by atoms with Crippen molar-refractivity contribution in [1.29, 1.82) is 0 Å². The molecule has 0 radical (unpaired) electrons. The number of aliphatic hydroxyl groups excluding tert-OH is 1. The van der Waals surface area contributed by atoms with Gasteiger partial charge < -0.3 is 10.0 Å². The summed E-state index contributed by atoms with van der Waals surface area (Å²) in [5.74, 6) is 0.803. The van der Waals surface area contributed by atoms with Crippen molar-refractivity contribution in [2.75, 3.05) is 31.1 Å². The van der Waals surface area contributed by atoms with Crippen LogP contribution < -0.4 is 4.90 Å². The van der Waals surface area contributed by atoms with E-state index in [-0.39, 0.29) is 6.61 Å². The fourth-order valence-corrected chi connectivity index (χ4v) is 2.93. The van der Waals surface area contributed by atoms with Crippen molar-refractivity contribution in [3.05, 3.63) is 18.0 Å². The van der Waals surface area contributed by atoms with E-state index >= 15 is 0 Å². The van der Waals surface area contributed by atoms with Crippen molar-refractivity contribution < 1.29 is 5.11 Å². The van der Waals surface area contributed by atoms with Crippen LogP contribution in [0.25, 0.3) is 0 Å². The SMILES string of the molecule is OCc1cnc(N2CCN3CCCCC3C2)nc1. The van der Waals surface area contributed by atoms with E-state index < -0.39 is 0 Å².